The highest BCUT2D eigenvalue weighted by Crippen LogP contribution is 2.28. The number of pyridine rings is 1. The first kappa shape index (κ1) is 24.9. The van der Waals surface area contributed by atoms with E-state index in [1.54, 1.807) is 35.1 Å². The third-order valence-electron chi connectivity index (χ3n) is 5.43. The van der Waals surface area contributed by atoms with E-state index in [2.05, 4.69) is 15.6 Å². The molecule has 0 unspecified atom stereocenters. The lowest BCUT2D eigenvalue weighted by molar-refractivity contribution is 0.262. The van der Waals surface area contributed by atoms with Crippen molar-refractivity contribution in [3.05, 3.63) is 89.6 Å². The van der Waals surface area contributed by atoms with Gasteiger partial charge in [0.15, 0.2) is 0 Å². The smallest absolute Gasteiger partial charge is 0.324 e. The number of carbonyl (C=O) groups is 1. The van der Waals surface area contributed by atoms with Crippen molar-refractivity contribution >= 4 is 17.5 Å². The number of urea groups is 1. The summed E-state index contributed by atoms with van der Waals surface area (Å²) in [7, 11) is 0. The number of halogens is 1. The lowest BCUT2D eigenvalue weighted by Gasteiger charge is -2.14. The first-order chi connectivity index (χ1) is 17.1. The van der Waals surface area contributed by atoms with E-state index in [4.69, 9.17) is 15.6 Å². The molecule has 0 aliphatic carbocycles. The van der Waals surface area contributed by atoms with Crippen molar-refractivity contribution in [3.8, 4) is 17.2 Å². The van der Waals surface area contributed by atoms with Gasteiger partial charge in [-0.15, -0.1) is 0 Å². The van der Waals surface area contributed by atoms with E-state index in [1.807, 2.05) is 52.0 Å². The fourth-order valence-corrected chi connectivity index (χ4v) is 3.46. The topological polar surface area (TPSA) is 107 Å². The minimum Gasteiger partial charge on any atom is -0.457 e. The van der Waals surface area contributed by atoms with Crippen LogP contribution in [0.5, 0.6) is 11.5 Å². The first-order valence-electron chi connectivity index (χ1n) is 11.5. The summed E-state index contributed by atoms with van der Waals surface area (Å²) in [5.41, 5.74) is 8.79. The van der Waals surface area contributed by atoms with Crippen LogP contribution in [0, 0.1) is 12.7 Å². The van der Waals surface area contributed by atoms with Crippen molar-refractivity contribution in [3.63, 3.8) is 0 Å². The maximum absolute atomic E-state index is 14.7. The van der Waals surface area contributed by atoms with Crippen LogP contribution in [0.25, 0.3) is 5.69 Å². The molecule has 0 radical (unpaired) electrons. The molecule has 0 fully saturated rings. The van der Waals surface area contributed by atoms with Gasteiger partial charge in [0.05, 0.1) is 17.1 Å². The predicted molar refractivity (Wildman–Crippen MR) is 138 cm³/mol. The van der Waals surface area contributed by atoms with Crippen LogP contribution >= 0.6 is 0 Å². The molecule has 8 nitrogen and oxygen atoms in total. The Balaban J connectivity index is 1.52. The van der Waals surface area contributed by atoms with Gasteiger partial charge in [-0.1, -0.05) is 32.9 Å². The average molecular weight is 489 g/mol. The largest absolute Gasteiger partial charge is 0.457 e. The summed E-state index contributed by atoms with van der Waals surface area (Å²) in [5.74, 6) is 0.668. The Morgan fingerprint density at radius 2 is 1.75 bits per heavy atom. The SMILES string of the molecule is Cc1cc(Oc2ccc(NC(=O)Nc3cc(C(C)(C)C)nn3-c3ccc(CN)cc3)c(F)c2)ccn1. The Bertz CT molecular complexity index is 1380. The molecule has 0 bridgehead atoms. The molecule has 0 aliphatic heterocycles. The molecule has 9 heteroatoms. The molecule has 186 valence electrons. The molecular formula is C27H29FN6O2. The van der Waals surface area contributed by atoms with Crippen LogP contribution in [-0.2, 0) is 12.0 Å². The number of benzene rings is 2. The van der Waals surface area contributed by atoms with E-state index in [9.17, 15) is 9.18 Å². The number of aryl methyl sites for hydroxylation is 1. The van der Waals surface area contributed by atoms with Gasteiger partial charge in [-0.05, 0) is 42.8 Å². The third-order valence-corrected chi connectivity index (χ3v) is 5.43. The molecule has 4 rings (SSSR count). The van der Waals surface area contributed by atoms with Gasteiger partial charge in [-0.2, -0.15) is 5.10 Å². The number of hydrogen-bond donors (Lipinski definition) is 3. The van der Waals surface area contributed by atoms with Gasteiger partial charge in [0.1, 0.15) is 23.1 Å². The minimum atomic E-state index is -0.630. The Labute approximate surface area is 209 Å². The molecule has 0 saturated heterocycles. The van der Waals surface area contributed by atoms with E-state index in [1.165, 1.54) is 12.1 Å². The third kappa shape index (κ3) is 5.87. The second-order valence-corrected chi connectivity index (χ2v) is 9.40. The summed E-state index contributed by atoms with van der Waals surface area (Å²) in [6.45, 7) is 8.37. The molecule has 2 aromatic heterocycles. The van der Waals surface area contributed by atoms with E-state index < -0.39 is 11.8 Å². The van der Waals surface area contributed by atoms with Crippen LogP contribution in [0.15, 0.2) is 66.9 Å². The van der Waals surface area contributed by atoms with Crippen molar-refractivity contribution in [2.24, 2.45) is 5.73 Å². The van der Waals surface area contributed by atoms with E-state index in [-0.39, 0.29) is 11.1 Å². The number of carbonyl (C=O) groups excluding carboxylic acids is 1. The molecule has 2 amide bonds. The highest BCUT2D eigenvalue weighted by atomic mass is 19.1. The summed E-state index contributed by atoms with van der Waals surface area (Å²) < 4.78 is 22.1. The lowest BCUT2D eigenvalue weighted by atomic mass is 9.92. The Morgan fingerprint density at radius 3 is 2.39 bits per heavy atom. The number of aromatic nitrogens is 3. The molecule has 2 aromatic carbocycles. The Morgan fingerprint density at radius 1 is 1.03 bits per heavy atom. The van der Waals surface area contributed by atoms with Gasteiger partial charge in [0.25, 0.3) is 0 Å². The molecule has 0 atom stereocenters. The van der Waals surface area contributed by atoms with Gasteiger partial charge in [0.2, 0.25) is 0 Å². The van der Waals surface area contributed by atoms with Crippen molar-refractivity contribution in [1.29, 1.82) is 0 Å². The van der Waals surface area contributed by atoms with Crippen LogP contribution in [0.1, 0.15) is 37.7 Å². The van der Waals surface area contributed by atoms with Gasteiger partial charge in [-0.3, -0.25) is 10.3 Å². The predicted octanol–water partition coefficient (Wildman–Crippen LogP) is 5.91. The number of nitrogens with one attached hydrogen (secondary N) is 2. The second-order valence-electron chi connectivity index (χ2n) is 9.40. The molecule has 0 spiro atoms. The quantitative estimate of drug-likeness (QED) is 0.313. The minimum absolute atomic E-state index is 0.0140. The first-order valence-corrected chi connectivity index (χ1v) is 11.5. The average Bonchev–Trinajstić information content (AvgIpc) is 3.25. The zero-order chi connectivity index (χ0) is 25.9. The van der Waals surface area contributed by atoms with E-state index in [0.717, 1.165) is 22.6 Å². The van der Waals surface area contributed by atoms with Gasteiger partial charge in [0, 0.05) is 42.0 Å². The lowest BCUT2D eigenvalue weighted by Crippen LogP contribution is -2.22. The molecule has 4 aromatic rings. The standard InChI is InChI=1S/C27H29FN6O2/c1-17-13-21(11-12-30-17)36-20-9-10-23(22(28)14-20)31-26(35)32-25-15-24(27(2,3)4)33-34(25)19-7-5-18(16-29)6-8-19/h5-15H,16,29H2,1-4H3,(H2,31,32,35). The van der Waals surface area contributed by atoms with E-state index >= 15 is 0 Å². The summed E-state index contributed by atoms with van der Waals surface area (Å²) in [5, 5.41) is 10.0. The van der Waals surface area contributed by atoms with Crippen LogP contribution in [-0.4, -0.2) is 20.8 Å². The maximum atomic E-state index is 14.7. The molecule has 0 aliphatic rings. The summed E-state index contributed by atoms with van der Waals surface area (Å²) in [6, 6.07) is 16.4. The van der Waals surface area contributed by atoms with Gasteiger partial charge >= 0.3 is 6.03 Å². The number of nitrogens with two attached hydrogens (primary N) is 1. The molecule has 0 saturated carbocycles. The second kappa shape index (κ2) is 10.2. The number of hydrogen-bond acceptors (Lipinski definition) is 5. The highest BCUT2D eigenvalue weighted by molar-refractivity contribution is 5.99. The van der Waals surface area contributed by atoms with Crippen molar-refractivity contribution in [2.75, 3.05) is 10.6 Å². The van der Waals surface area contributed by atoms with Crippen LogP contribution in [0.4, 0.5) is 20.7 Å². The highest BCUT2D eigenvalue weighted by Gasteiger charge is 2.22. The zero-order valence-corrected chi connectivity index (χ0v) is 20.7. The number of amides is 2. The molecular weight excluding hydrogens is 459 g/mol. The fourth-order valence-electron chi connectivity index (χ4n) is 3.46. The van der Waals surface area contributed by atoms with Crippen LogP contribution in [0.2, 0.25) is 0 Å². The van der Waals surface area contributed by atoms with Gasteiger partial charge < -0.3 is 15.8 Å². The number of ether oxygens (including phenoxy) is 1. The zero-order valence-electron chi connectivity index (χ0n) is 20.7. The maximum Gasteiger partial charge on any atom is 0.324 e. The van der Waals surface area contributed by atoms with Crippen molar-refractivity contribution < 1.29 is 13.9 Å². The fraction of sp³-hybridized carbons (Fsp3) is 0.222. The molecule has 36 heavy (non-hydrogen) atoms. The van der Waals surface area contributed by atoms with Gasteiger partial charge in [-0.25, -0.2) is 13.9 Å². The Kier molecular flexibility index (Phi) is 7.03. The van der Waals surface area contributed by atoms with E-state index in [0.29, 0.717) is 23.9 Å². The van der Waals surface area contributed by atoms with Crippen molar-refractivity contribution in [1.82, 2.24) is 14.8 Å². The summed E-state index contributed by atoms with van der Waals surface area (Å²) >= 11 is 0. The normalized spacial score (nSPS) is 11.3. The Hall–Kier alpha value is -4.24. The number of nitrogens with zero attached hydrogens (tertiary/aromatic N) is 3. The number of anilines is 2. The van der Waals surface area contributed by atoms with Crippen LogP contribution in [0.3, 0.4) is 0 Å². The van der Waals surface area contributed by atoms with Crippen molar-refractivity contribution in [2.45, 2.75) is 39.7 Å². The summed E-state index contributed by atoms with van der Waals surface area (Å²) in [6.07, 6.45) is 1.61. The summed E-state index contributed by atoms with van der Waals surface area (Å²) in [4.78, 5) is 16.9. The van der Waals surface area contributed by atoms with Crippen LogP contribution < -0.4 is 21.1 Å². The monoisotopic (exact) mass is 488 g/mol. The number of rotatable bonds is 6. The molecule has 2 heterocycles. The molecule has 4 N–H and O–H groups in total.